The summed E-state index contributed by atoms with van der Waals surface area (Å²) < 4.78 is 44.9. The molecular weight excluding hydrogens is 349 g/mol. The number of carbonyl (C=O) groups excluding carboxylic acids is 1. The minimum absolute atomic E-state index is 0.0797. The van der Waals surface area contributed by atoms with Gasteiger partial charge in [-0.1, -0.05) is 12.1 Å². The zero-order chi connectivity index (χ0) is 18.0. The van der Waals surface area contributed by atoms with Gasteiger partial charge in [-0.2, -0.15) is 8.42 Å². The molecule has 6 nitrogen and oxygen atoms in total. The average molecular weight is 361 g/mol. The van der Waals surface area contributed by atoms with Crippen molar-refractivity contribution < 1.29 is 26.5 Å². The molecule has 0 aromatic heterocycles. The van der Waals surface area contributed by atoms with E-state index in [1.165, 1.54) is 42.5 Å². The molecule has 0 fully saturated rings. The summed E-state index contributed by atoms with van der Waals surface area (Å²) in [6.45, 7) is 0. The first-order chi connectivity index (χ1) is 11.8. The number of esters is 1. The van der Waals surface area contributed by atoms with E-state index < -0.39 is 21.9 Å². The molecule has 1 aliphatic rings. The normalized spacial score (nSPS) is 15.8. The SMILES string of the molecule is CS(=O)(=O)Oc1ccc(C=C2N=C(c3ccc(F)cc3)OC2=O)cc1. The van der Waals surface area contributed by atoms with Crippen LogP contribution in [-0.2, 0) is 19.6 Å². The van der Waals surface area contributed by atoms with Crippen LogP contribution in [0.15, 0.2) is 59.2 Å². The molecule has 0 amide bonds. The van der Waals surface area contributed by atoms with Gasteiger partial charge in [-0.3, -0.25) is 0 Å². The summed E-state index contributed by atoms with van der Waals surface area (Å²) >= 11 is 0. The molecule has 128 valence electrons. The van der Waals surface area contributed by atoms with Gasteiger partial charge in [0.1, 0.15) is 11.6 Å². The van der Waals surface area contributed by atoms with Gasteiger partial charge >= 0.3 is 16.1 Å². The Morgan fingerprint density at radius 2 is 1.72 bits per heavy atom. The summed E-state index contributed by atoms with van der Waals surface area (Å²) in [5.74, 6) is -0.779. The maximum Gasteiger partial charge on any atom is 0.363 e. The van der Waals surface area contributed by atoms with Gasteiger partial charge in [0, 0.05) is 5.56 Å². The lowest BCUT2D eigenvalue weighted by molar-refractivity contribution is -0.129. The van der Waals surface area contributed by atoms with E-state index >= 15 is 0 Å². The van der Waals surface area contributed by atoms with Gasteiger partial charge in [0.15, 0.2) is 5.70 Å². The number of hydrogen-bond acceptors (Lipinski definition) is 6. The topological polar surface area (TPSA) is 82.0 Å². The molecule has 8 heteroatoms. The fourth-order valence-corrected chi connectivity index (χ4v) is 2.54. The van der Waals surface area contributed by atoms with Gasteiger partial charge in [0.05, 0.1) is 6.26 Å². The van der Waals surface area contributed by atoms with Crippen molar-refractivity contribution in [2.45, 2.75) is 0 Å². The molecule has 3 rings (SSSR count). The molecule has 0 bridgehead atoms. The number of nitrogens with zero attached hydrogens (tertiary/aromatic N) is 1. The number of halogens is 1. The lowest BCUT2D eigenvalue weighted by atomic mass is 10.2. The third-order valence-electron chi connectivity index (χ3n) is 3.14. The molecule has 0 N–H and O–H groups in total. The Hall–Kier alpha value is -3.00. The van der Waals surface area contributed by atoms with Crippen molar-refractivity contribution in [2.24, 2.45) is 4.99 Å². The van der Waals surface area contributed by atoms with Crippen molar-refractivity contribution in [1.82, 2.24) is 0 Å². The first-order valence-corrected chi connectivity index (χ1v) is 8.90. The molecule has 0 aliphatic carbocycles. The zero-order valence-electron chi connectivity index (χ0n) is 13.0. The summed E-state index contributed by atoms with van der Waals surface area (Å²) in [6, 6.07) is 11.5. The fraction of sp³-hybridized carbons (Fsp3) is 0.0588. The summed E-state index contributed by atoms with van der Waals surface area (Å²) in [7, 11) is -3.60. The van der Waals surface area contributed by atoms with Crippen LogP contribution in [0.3, 0.4) is 0 Å². The molecule has 0 saturated heterocycles. The zero-order valence-corrected chi connectivity index (χ0v) is 13.8. The number of hydrogen-bond donors (Lipinski definition) is 0. The standard InChI is InChI=1S/C17H12FNO5S/c1-25(21,22)24-14-8-2-11(3-9-14)10-15-17(20)23-16(19-15)12-4-6-13(18)7-5-12/h2-10H,1H3. The Kier molecular flexibility index (Phi) is 4.37. The van der Waals surface area contributed by atoms with Gasteiger partial charge in [0.25, 0.3) is 0 Å². The predicted molar refractivity (Wildman–Crippen MR) is 88.9 cm³/mol. The van der Waals surface area contributed by atoms with E-state index in [0.29, 0.717) is 11.1 Å². The van der Waals surface area contributed by atoms with Crippen molar-refractivity contribution in [3.63, 3.8) is 0 Å². The minimum atomic E-state index is -3.60. The average Bonchev–Trinajstić information content (AvgIpc) is 2.89. The molecule has 0 atom stereocenters. The van der Waals surface area contributed by atoms with E-state index in [4.69, 9.17) is 8.92 Å². The van der Waals surface area contributed by atoms with Crippen LogP contribution in [0, 0.1) is 5.82 Å². The van der Waals surface area contributed by atoms with Gasteiger partial charge in [-0.15, -0.1) is 0 Å². The van der Waals surface area contributed by atoms with Crippen LogP contribution in [0.25, 0.3) is 6.08 Å². The number of aliphatic imine (C=N–C) groups is 1. The first kappa shape index (κ1) is 16.8. The lowest BCUT2D eigenvalue weighted by Crippen LogP contribution is -2.05. The molecule has 1 heterocycles. The summed E-state index contributed by atoms with van der Waals surface area (Å²) in [6.07, 6.45) is 2.44. The summed E-state index contributed by atoms with van der Waals surface area (Å²) in [4.78, 5) is 16.0. The van der Waals surface area contributed by atoms with Crippen LogP contribution in [0.4, 0.5) is 4.39 Å². The van der Waals surface area contributed by atoms with Crippen LogP contribution in [0.2, 0.25) is 0 Å². The Labute approximate surface area is 143 Å². The molecule has 0 radical (unpaired) electrons. The summed E-state index contributed by atoms with van der Waals surface area (Å²) in [5.41, 5.74) is 1.17. The third-order valence-corrected chi connectivity index (χ3v) is 3.64. The van der Waals surface area contributed by atoms with E-state index in [1.807, 2.05) is 0 Å². The van der Waals surface area contributed by atoms with Gasteiger partial charge in [-0.25, -0.2) is 14.2 Å². The van der Waals surface area contributed by atoms with Crippen molar-refractivity contribution in [3.8, 4) is 5.75 Å². The molecule has 2 aromatic rings. The van der Waals surface area contributed by atoms with Crippen molar-refractivity contribution in [2.75, 3.05) is 6.26 Å². The largest absolute Gasteiger partial charge is 0.402 e. The first-order valence-electron chi connectivity index (χ1n) is 7.08. The van der Waals surface area contributed by atoms with Gasteiger partial charge in [0.2, 0.25) is 5.90 Å². The second kappa shape index (κ2) is 6.48. The highest BCUT2D eigenvalue weighted by molar-refractivity contribution is 7.86. The minimum Gasteiger partial charge on any atom is -0.402 e. The van der Waals surface area contributed by atoms with Crippen molar-refractivity contribution >= 4 is 28.1 Å². The molecule has 2 aromatic carbocycles. The monoisotopic (exact) mass is 361 g/mol. The number of rotatable bonds is 4. The number of carbonyl (C=O) groups is 1. The van der Waals surface area contributed by atoms with E-state index in [0.717, 1.165) is 6.26 Å². The Balaban J connectivity index is 1.83. The van der Waals surface area contributed by atoms with Crippen LogP contribution in [-0.4, -0.2) is 26.5 Å². The predicted octanol–water partition coefficient (Wildman–Crippen LogP) is 2.51. The van der Waals surface area contributed by atoms with Gasteiger partial charge < -0.3 is 8.92 Å². The van der Waals surface area contributed by atoms with Crippen molar-refractivity contribution in [1.29, 1.82) is 0 Å². The molecule has 0 saturated carbocycles. The third kappa shape index (κ3) is 4.30. The maximum absolute atomic E-state index is 12.9. The quantitative estimate of drug-likeness (QED) is 0.475. The second-order valence-corrected chi connectivity index (χ2v) is 6.77. The molecule has 1 aliphatic heterocycles. The van der Waals surface area contributed by atoms with E-state index in [9.17, 15) is 17.6 Å². The van der Waals surface area contributed by atoms with Crippen LogP contribution >= 0.6 is 0 Å². The van der Waals surface area contributed by atoms with E-state index in [1.54, 1.807) is 12.1 Å². The molecule has 0 spiro atoms. The van der Waals surface area contributed by atoms with Gasteiger partial charge in [-0.05, 0) is 48.0 Å². The Morgan fingerprint density at radius 3 is 2.32 bits per heavy atom. The fourth-order valence-electron chi connectivity index (χ4n) is 2.08. The van der Waals surface area contributed by atoms with E-state index in [2.05, 4.69) is 4.99 Å². The van der Waals surface area contributed by atoms with Crippen molar-refractivity contribution in [3.05, 3.63) is 71.2 Å². The van der Waals surface area contributed by atoms with Crippen LogP contribution < -0.4 is 4.18 Å². The number of cyclic esters (lactones) is 1. The molecule has 0 unspecified atom stereocenters. The Morgan fingerprint density at radius 1 is 1.08 bits per heavy atom. The molecule has 25 heavy (non-hydrogen) atoms. The van der Waals surface area contributed by atoms with Crippen LogP contribution in [0.5, 0.6) is 5.75 Å². The second-order valence-electron chi connectivity index (χ2n) is 5.20. The summed E-state index contributed by atoms with van der Waals surface area (Å²) in [5, 5.41) is 0. The van der Waals surface area contributed by atoms with E-state index in [-0.39, 0.29) is 17.3 Å². The van der Waals surface area contributed by atoms with Crippen LogP contribution in [0.1, 0.15) is 11.1 Å². The Bertz CT molecular complexity index is 977. The number of benzene rings is 2. The maximum atomic E-state index is 12.9. The highest BCUT2D eigenvalue weighted by Gasteiger charge is 2.24. The smallest absolute Gasteiger partial charge is 0.363 e. The molecular formula is C17H12FNO5S. The highest BCUT2D eigenvalue weighted by atomic mass is 32.2. The number of ether oxygens (including phenoxy) is 1. The lowest BCUT2D eigenvalue weighted by Gasteiger charge is -2.02. The highest BCUT2D eigenvalue weighted by Crippen LogP contribution is 2.21.